The van der Waals surface area contributed by atoms with Crippen LogP contribution in [0.5, 0.6) is 5.75 Å². The van der Waals surface area contributed by atoms with Crippen LogP contribution in [0.4, 0.5) is 17.3 Å². The van der Waals surface area contributed by atoms with E-state index in [4.69, 9.17) is 9.72 Å². The Balaban J connectivity index is 0.808. The van der Waals surface area contributed by atoms with Gasteiger partial charge in [0.05, 0.1) is 12.8 Å². The molecule has 0 bridgehead atoms. The molecule has 5 heterocycles. The van der Waals surface area contributed by atoms with E-state index in [1.807, 2.05) is 49.1 Å². The van der Waals surface area contributed by atoms with Crippen LogP contribution in [0, 0.1) is 18.8 Å². The van der Waals surface area contributed by atoms with Crippen molar-refractivity contribution in [2.75, 3.05) is 43.5 Å². The van der Waals surface area contributed by atoms with Crippen LogP contribution in [-0.4, -0.2) is 99.2 Å². The van der Waals surface area contributed by atoms with Crippen LogP contribution in [0.15, 0.2) is 53.5 Å². The summed E-state index contributed by atoms with van der Waals surface area (Å²) < 4.78 is 7.60. The van der Waals surface area contributed by atoms with Gasteiger partial charge >= 0.3 is 0 Å². The highest BCUT2D eigenvalue weighted by Crippen LogP contribution is 2.34. The molecule has 3 N–H and O–H groups in total. The maximum absolute atomic E-state index is 13.4. The van der Waals surface area contributed by atoms with Crippen molar-refractivity contribution < 1.29 is 28.7 Å². The number of nitrogens with one attached hydrogen (secondary N) is 3. The van der Waals surface area contributed by atoms with Crippen LogP contribution < -0.4 is 31.1 Å². The van der Waals surface area contributed by atoms with Gasteiger partial charge in [-0.3, -0.25) is 38.7 Å². The lowest BCUT2D eigenvalue weighted by Gasteiger charge is -2.36. The molecule has 0 radical (unpaired) electrons. The van der Waals surface area contributed by atoms with Gasteiger partial charge in [0.25, 0.3) is 11.5 Å². The highest BCUT2D eigenvalue weighted by molar-refractivity contribution is 6.05. The van der Waals surface area contributed by atoms with Gasteiger partial charge in [-0.1, -0.05) is 18.8 Å². The molecule has 64 heavy (non-hydrogen) atoms. The van der Waals surface area contributed by atoms with Gasteiger partial charge < -0.3 is 30.1 Å². The molecule has 4 aromatic rings. The van der Waals surface area contributed by atoms with Crippen molar-refractivity contribution in [2.24, 2.45) is 0 Å². The summed E-state index contributed by atoms with van der Waals surface area (Å²) in [6, 6.07) is 12.5. The summed E-state index contributed by atoms with van der Waals surface area (Å²) in [4.78, 5) is 90.6. The second-order valence-electron chi connectivity index (χ2n) is 17.1. The van der Waals surface area contributed by atoms with Gasteiger partial charge in [0.2, 0.25) is 29.6 Å². The normalized spacial score (nSPS) is 19.8. The van der Waals surface area contributed by atoms with Crippen LogP contribution >= 0.6 is 0 Å². The third-order valence-electron chi connectivity index (χ3n) is 12.9. The number of unbranched alkanes of at least 4 members (excludes halogenated alkanes) is 2. The molecule has 1 atom stereocenters. The largest absolute Gasteiger partial charge is 0.494 e. The van der Waals surface area contributed by atoms with Gasteiger partial charge in [0.15, 0.2) is 0 Å². The summed E-state index contributed by atoms with van der Waals surface area (Å²) in [7, 11) is 1.62. The molecule has 334 valence electrons. The highest BCUT2D eigenvalue weighted by atomic mass is 16.5. The molecule has 16 nitrogen and oxygen atoms in total. The number of imide groups is 1. The number of carbonyl (C=O) groups excluding carboxylic acids is 5. The number of aryl methyl sites for hydroxylation is 1. The Hall–Kier alpha value is -6.76. The average Bonchev–Trinajstić information content (AvgIpc) is 3.62. The third-order valence-corrected chi connectivity index (χ3v) is 12.9. The Morgan fingerprint density at radius 1 is 0.953 bits per heavy atom. The summed E-state index contributed by atoms with van der Waals surface area (Å²) in [5, 5.41) is 9.55. The van der Waals surface area contributed by atoms with Crippen LogP contribution in [0.25, 0.3) is 11.0 Å². The molecular formula is C48H55N9O7. The number of carbonyl (C=O) groups is 5. The Kier molecular flexibility index (Phi) is 13.2. The molecule has 2 aromatic heterocycles. The first-order valence-electron chi connectivity index (χ1n) is 22.4. The van der Waals surface area contributed by atoms with Crippen molar-refractivity contribution in [3.63, 3.8) is 0 Å². The van der Waals surface area contributed by atoms with Gasteiger partial charge in [-0.05, 0) is 93.3 Å². The fourth-order valence-electron chi connectivity index (χ4n) is 9.27. The number of anilines is 3. The number of aromatic nitrogens is 3. The number of piperazine rings is 1. The quantitative estimate of drug-likeness (QED) is 0.100. The second-order valence-corrected chi connectivity index (χ2v) is 17.1. The van der Waals surface area contributed by atoms with Gasteiger partial charge in [0.1, 0.15) is 17.4 Å². The topological polar surface area (TPSA) is 188 Å². The molecule has 3 aliphatic heterocycles. The predicted molar refractivity (Wildman–Crippen MR) is 241 cm³/mol. The lowest BCUT2D eigenvalue weighted by molar-refractivity contribution is -0.137. The zero-order chi connectivity index (χ0) is 44.9. The van der Waals surface area contributed by atoms with Crippen LogP contribution in [0.2, 0.25) is 0 Å². The number of hydrogen-bond acceptors (Lipinski definition) is 11. The maximum atomic E-state index is 13.4. The Morgan fingerprint density at radius 3 is 2.50 bits per heavy atom. The predicted octanol–water partition coefficient (Wildman–Crippen LogP) is 4.88. The van der Waals surface area contributed by atoms with E-state index in [-0.39, 0.29) is 47.7 Å². The van der Waals surface area contributed by atoms with E-state index in [0.717, 1.165) is 66.3 Å². The fraction of sp³-hybridized carbons (Fsp3) is 0.458. The zero-order valence-corrected chi connectivity index (χ0v) is 36.7. The van der Waals surface area contributed by atoms with Crippen molar-refractivity contribution in [1.29, 1.82) is 0 Å². The van der Waals surface area contributed by atoms with E-state index in [2.05, 4.69) is 37.7 Å². The fourth-order valence-corrected chi connectivity index (χ4v) is 9.27. The summed E-state index contributed by atoms with van der Waals surface area (Å²) in [6.45, 7) is 6.65. The lowest BCUT2D eigenvalue weighted by atomic mass is 9.90. The van der Waals surface area contributed by atoms with E-state index in [1.165, 1.54) is 4.90 Å². The molecule has 2 aromatic carbocycles. The van der Waals surface area contributed by atoms with Crippen molar-refractivity contribution in [3.05, 3.63) is 81.3 Å². The molecule has 3 fully saturated rings. The number of hydrogen-bond donors (Lipinski definition) is 3. The molecule has 1 unspecified atom stereocenters. The van der Waals surface area contributed by atoms with E-state index in [9.17, 15) is 28.8 Å². The number of piperidine rings is 1. The number of nitrogens with zero attached hydrogens (tertiary/aromatic N) is 6. The molecule has 1 saturated carbocycles. The summed E-state index contributed by atoms with van der Waals surface area (Å²) >= 11 is 0. The Bertz CT molecular complexity index is 2600. The lowest BCUT2D eigenvalue weighted by Crippen LogP contribution is -2.52. The molecule has 5 amide bonds. The number of methoxy groups -OCH3 is 1. The van der Waals surface area contributed by atoms with E-state index < -0.39 is 11.9 Å². The monoisotopic (exact) mass is 869 g/mol. The number of amides is 5. The summed E-state index contributed by atoms with van der Waals surface area (Å²) in [5.74, 6) is 6.58. The number of ether oxygens (including phenoxy) is 1. The van der Waals surface area contributed by atoms with Crippen LogP contribution in [0.3, 0.4) is 0 Å². The van der Waals surface area contributed by atoms with E-state index in [0.29, 0.717) is 87.0 Å². The minimum absolute atomic E-state index is 0.0350. The first-order chi connectivity index (χ1) is 31.0. The van der Waals surface area contributed by atoms with Gasteiger partial charge in [-0.15, -0.1) is 0 Å². The smallest absolute Gasteiger partial charge is 0.255 e. The van der Waals surface area contributed by atoms with Crippen molar-refractivity contribution >= 4 is 57.9 Å². The molecule has 16 heteroatoms. The van der Waals surface area contributed by atoms with E-state index in [1.54, 1.807) is 30.0 Å². The highest BCUT2D eigenvalue weighted by Gasteiger charge is 2.39. The SMILES string of the molecule is CCC(=O)NC1CCC(n2c(=O)cc(C)c3cnc(Nc4ccc(N5CCN(C(=O)CCCCC#Cc6ccc7c(c6)CN(C6CCC(=O)NC6=O)C7=O)CC5)cc4OC)nc32)CC1. The third kappa shape index (κ3) is 9.58. The summed E-state index contributed by atoms with van der Waals surface area (Å²) in [5.41, 5.74) is 5.13. The van der Waals surface area contributed by atoms with Crippen LogP contribution in [-0.2, 0) is 25.7 Å². The average molecular weight is 870 g/mol. The van der Waals surface area contributed by atoms with Gasteiger partial charge in [-0.25, -0.2) is 4.98 Å². The molecule has 0 spiro atoms. The molecular weight excluding hydrogens is 815 g/mol. The standard InChI is InChI=1S/C48H55N9O7/c1-4-41(58)50-33-12-14-34(15-13-33)57-44(61)25-30(2)37-28-49-48(53-45(37)57)51-38-18-16-35(27-40(38)64-3)54-21-23-55(24-22-54)43(60)10-8-6-5-7-9-31-11-17-36-32(26-31)29-56(47(36)63)39-19-20-42(59)52-46(39)62/h11,16-18,25-28,33-34,39H,4-6,8,10,12-15,19-24,29H2,1-3H3,(H,50,58)(H,49,51,53)(H,52,59,62). The first kappa shape index (κ1) is 43.9. The van der Waals surface area contributed by atoms with Gasteiger partial charge in [0, 0.05) is 111 Å². The molecule has 4 aliphatic rings. The Morgan fingerprint density at radius 2 is 1.75 bits per heavy atom. The minimum Gasteiger partial charge on any atom is -0.494 e. The first-order valence-corrected chi connectivity index (χ1v) is 22.4. The second kappa shape index (κ2) is 19.3. The van der Waals surface area contributed by atoms with Crippen molar-refractivity contribution in [2.45, 2.75) is 109 Å². The Labute approximate surface area is 372 Å². The number of fused-ring (bicyclic) bond motifs is 2. The maximum Gasteiger partial charge on any atom is 0.255 e. The molecule has 1 aliphatic carbocycles. The molecule has 8 rings (SSSR count). The summed E-state index contributed by atoms with van der Waals surface area (Å²) in [6.07, 6.45) is 8.48. The zero-order valence-electron chi connectivity index (χ0n) is 36.7. The number of benzene rings is 2. The molecule has 2 saturated heterocycles. The number of rotatable bonds is 12. The van der Waals surface area contributed by atoms with E-state index >= 15 is 0 Å². The van der Waals surface area contributed by atoms with Crippen LogP contribution in [0.1, 0.15) is 111 Å². The van der Waals surface area contributed by atoms with Crippen molar-refractivity contribution in [3.8, 4) is 17.6 Å². The minimum atomic E-state index is -0.648. The number of pyridine rings is 1. The van der Waals surface area contributed by atoms with Crippen molar-refractivity contribution in [1.82, 2.24) is 35.0 Å². The van der Waals surface area contributed by atoms with Gasteiger partial charge in [-0.2, -0.15) is 4.98 Å².